The maximum Gasteiger partial charge on any atom is 0.357 e. The van der Waals surface area contributed by atoms with E-state index in [1.54, 1.807) is 12.1 Å². The van der Waals surface area contributed by atoms with Gasteiger partial charge in [0.2, 0.25) is 5.91 Å². The zero-order valence-electron chi connectivity index (χ0n) is 19.6. The van der Waals surface area contributed by atoms with E-state index in [0.717, 1.165) is 34.7 Å². The van der Waals surface area contributed by atoms with Crippen LogP contribution in [0.4, 0.5) is 5.69 Å². The molecule has 0 radical (unpaired) electrons. The van der Waals surface area contributed by atoms with Crippen LogP contribution >= 0.6 is 11.3 Å². The maximum absolute atomic E-state index is 13.3. The van der Waals surface area contributed by atoms with Gasteiger partial charge in [-0.3, -0.25) is 18.9 Å². The molecule has 1 fully saturated rings. The first-order chi connectivity index (χ1) is 17.2. The summed E-state index contributed by atoms with van der Waals surface area (Å²) in [7, 11) is -3.12. The van der Waals surface area contributed by atoms with E-state index in [1.165, 1.54) is 30.6 Å². The Bertz CT molecular complexity index is 1310. The zero-order chi connectivity index (χ0) is 25.7. The van der Waals surface area contributed by atoms with E-state index in [2.05, 4.69) is 5.32 Å². The molecule has 36 heavy (non-hydrogen) atoms. The monoisotopic (exact) mass is 529 g/mol. The normalized spacial score (nSPS) is 15.1. The van der Waals surface area contributed by atoms with Crippen LogP contribution in [-0.4, -0.2) is 36.9 Å². The van der Waals surface area contributed by atoms with Crippen LogP contribution < -0.4 is 10.0 Å². The van der Waals surface area contributed by atoms with Crippen molar-refractivity contribution in [1.82, 2.24) is 10.3 Å². The molecule has 0 spiro atoms. The van der Waals surface area contributed by atoms with Crippen molar-refractivity contribution in [3.63, 3.8) is 0 Å². The summed E-state index contributed by atoms with van der Waals surface area (Å²) in [5.41, 5.74) is 2.87. The first kappa shape index (κ1) is 25.8. The van der Waals surface area contributed by atoms with Crippen molar-refractivity contribution < 1.29 is 27.3 Å². The first-order valence-corrected chi connectivity index (χ1v) is 13.8. The van der Waals surface area contributed by atoms with Crippen LogP contribution in [0.1, 0.15) is 46.6 Å². The fraction of sp³-hybridized carbons (Fsp3) is 0.320. The van der Waals surface area contributed by atoms with Crippen molar-refractivity contribution in [3.05, 3.63) is 81.8 Å². The van der Waals surface area contributed by atoms with Gasteiger partial charge in [0.05, 0.1) is 24.5 Å². The highest BCUT2D eigenvalue weighted by atomic mass is 32.2. The molecule has 1 aliphatic carbocycles. The second-order valence-electron chi connectivity index (χ2n) is 8.69. The quantitative estimate of drug-likeness (QED) is 0.196. The number of hydrogen-bond acceptors (Lipinski definition) is 7. The van der Waals surface area contributed by atoms with Crippen LogP contribution in [0.25, 0.3) is 0 Å². The summed E-state index contributed by atoms with van der Waals surface area (Å²) in [5, 5.41) is 5.74. The van der Waals surface area contributed by atoms with Crippen molar-refractivity contribution in [2.75, 3.05) is 11.8 Å². The Kier molecular flexibility index (Phi) is 8.02. The minimum absolute atomic E-state index is 0.202. The van der Waals surface area contributed by atoms with Gasteiger partial charge in [0.15, 0.2) is 0 Å². The molecule has 0 bridgehead atoms. The third kappa shape index (κ3) is 7.12. The average Bonchev–Trinajstić information content (AvgIpc) is 3.59. The Morgan fingerprint density at radius 2 is 1.75 bits per heavy atom. The number of aromatic nitrogens is 1. The van der Waals surface area contributed by atoms with E-state index < -0.39 is 34.1 Å². The van der Waals surface area contributed by atoms with Gasteiger partial charge < -0.3 is 10.1 Å². The van der Waals surface area contributed by atoms with E-state index in [4.69, 9.17) is 14.3 Å². The van der Waals surface area contributed by atoms with Crippen molar-refractivity contribution >= 4 is 39.2 Å². The summed E-state index contributed by atoms with van der Waals surface area (Å²) >= 11 is 1.46. The van der Waals surface area contributed by atoms with Gasteiger partial charge in [0.25, 0.3) is 0 Å². The van der Waals surface area contributed by atoms with Crippen LogP contribution in [-0.2, 0) is 37.5 Å². The van der Waals surface area contributed by atoms with Crippen molar-refractivity contribution in [2.45, 2.75) is 37.6 Å². The summed E-state index contributed by atoms with van der Waals surface area (Å²) in [4.78, 5) is 30.6. The first-order valence-electron chi connectivity index (χ1n) is 11.4. The standard InChI is InChI=1S/C25H27N3O6S2/c1-34-25(30)20(13-16-5-3-2-4-6-16)23(29)26-21(24-27-22(15-35-24)18-9-10-18)14-17-7-11-19(12-8-17)28-36(31,32)33/h2-8,11-12,15,18,20-21,28H,9-10,13-14H2,1H3,(H,26,29)(H,31,32,33). The predicted molar refractivity (Wildman–Crippen MR) is 136 cm³/mol. The molecular formula is C25H27N3O6S2. The number of ether oxygens (including phenoxy) is 1. The maximum atomic E-state index is 13.3. The van der Waals surface area contributed by atoms with Gasteiger partial charge in [0, 0.05) is 11.3 Å². The lowest BCUT2D eigenvalue weighted by molar-refractivity contribution is -0.150. The summed E-state index contributed by atoms with van der Waals surface area (Å²) in [5.74, 6) is -1.64. The molecule has 2 unspecified atom stereocenters. The average molecular weight is 530 g/mol. The minimum atomic E-state index is -4.38. The molecule has 0 aliphatic heterocycles. The topological polar surface area (TPSA) is 135 Å². The molecule has 0 saturated heterocycles. The number of nitrogens with zero attached hydrogens (tertiary/aromatic N) is 1. The molecule has 1 aliphatic rings. The predicted octanol–water partition coefficient (Wildman–Crippen LogP) is 3.67. The second-order valence-corrected chi connectivity index (χ2v) is 10.7. The number of nitrogens with one attached hydrogen (secondary N) is 2. The molecule has 4 rings (SSSR count). The molecule has 2 aromatic carbocycles. The summed E-state index contributed by atoms with van der Waals surface area (Å²) < 4.78 is 38.0. The third-order valence-electron chi connectivity index (χ3n) is 5.88. The van der Waals surface area contributed by atoms with E-state index in [9.17, 15) is 18.0 Å². The number of esters is 1. The molecule has 1 saturated carbocycles. The van der Waals surface area contributed by atoms with Gasteiger partial charge in [-0.05, 0) is 48.9 Å². The molecule has 3 N–H and O–H groups in total. The summed E-state index contributed by atoms with van der Waals surface area (Å²) in [6, 6.07) is 15.2. The van der Waals surface area contributed by atoms with E-state index in [0.29, 0.717) is 12.3 Å². The minimum Gasteiger partial charge on any atom is -0.468 e. The van der Waals surface area contributed by atoms with Gasteiger partial charge in [-0.1, -0.05) is 42.5 Å². The largest absolute Gasteiger partial charge is 0.468 e. The highest BCUT2D eigenvalue weighted by Gasteiger charge is 2.32. The number of carbonyl (C=O) groups excluding carboxylic acids is 2. The summed E-state index contributed by atoms with van der Waals surface area (Å²) in [6.45, 7) is 0. The Hall–Kier alpha value is -3.28. The van der Waals surface area contributed by atoms with Crippen molar-refractivity contribution in [1.29, 1.82) is 0 Å². The number of thiazole rings is 1. The molecule has 190 valence electrons. The lowest BCUT2D eigenvalue weighted by atomic mass is 9.97. The fourth-order valence-corrected chi connectivity index (χ4v) is 5.25. The Morgan fingerprint density at radius 3 is 2.36 bits per heavy atom. The zero-order valence-corrected chi connectivity index (χ0v) is 21.2. The molecular weight excluding hydrogens is 502 g/mol. The van der Waals surface area contributed by atoms with Crippen molar-refractivity contribution in [2.24, 2.45) is 5.92 Å². The SMILES string of the molecule is COC(=O)C(Cc1ccccc1)C(=O)NC(Cc1ccc(NS(=O)(=O)O)cc1)c1nc(C2CC2)cs1. The highest BCUT2D eigenvalue weighted by molar-refractivity contribution is 7.87. The highest BCUT2D eigenvalue weighted by Crippen LogP contribution is 2.41. The molecule has 1 heterocycles. The Labute approximate surface area is 213 Å². The number of benzene rings is 2. The molecule has 3 aromatic rings. The lowest BCUT2D eigenvalue weighted by Crippen LogP contribution is -2.40. The number of amides is 1. The van der Waals surface area contributed by atoms with Crippen LogP contribution in [0.2, 0.25) is 0 Å². The van der Waals surface area contributed by atoms with E-state index in [1.807, 2.05) is 40.4 Å². The lowest BCUT2D eigenvalue weighted by Gasteiger charge is -2.21. The fourth-order valence-electron chi connectivity index (χ4n) is 3.87. The number of methoxy groups -OCH3 is 1. The number of hydrogen-bond donors (Lipinski definition) is 3. The Balaban J connectivity index is 1.55. The number of anilines is 1. The molecule has 2 atom stereocenters. The second kappa shape index (κ2) is 11.2. The van der Waals surface area contributed by atoms with E-state index >= 15 is 0 Å². The van der Waals surface area contributed by atoms with Crippen LogP contribution in [0.3, 0.4) is 0 Å². The Morgan fingerprint density at radius 1 is 1.08 bits per heavy atom. The third-order valence-corrected chi connectivity index (χ3v) is 7.35. The van der Waals surface area contributed by atoms with Gasteiger partial charge in [-0.2, -0.15) is 8.42 Å². The number of carbonyl (C=O) groups is 2. The smallest absolute Gasteiger partial charge is 0.357 e. The van der Waals surface area contributed by atoms with Crippen molar-refractivity contribution in [3.8, 4) is 0 Å². The van der Waals surface area contributed by atoms with Crippen LogP contribution in [0.15, 0.2) is 60.0 Å². The van der Waals surface area contributed by atoms with Gasteiger partial charge >= 0.3 is 16.3 Å². The van der Waals surface area contributed by atoms with Gasteiger partial charge in [-0.25, -0.2) is 4.98 Å². The van der Waals surface area contributed by atoms with Crippen LogP contribution in [0.5, 0.6) is 0 Å². The molecule has 11 heteroatoms. The molecule has 1 aromatic heterocycles. The van der Waals surface area contributed by atoms with Gasteiger partial charge in [-0.15, -0.1) is 11.3 Å². The summed E-state index contributed by atoms with van der Waals surface area (Å²) in [6.07, 6.45) is 2.77. The molecule has 1 amide bonds. The van der Waals surface area contributed by atoms with E-state index in [-0.39, 0.29) is 12.1 Å². The molecule has 9 nitrogen and oxygen atoms in total. The van der Waals surface area contributed by atoms with Gasteiger partial charge in [0.1, 0.15) is 10.9 Å². The number of rotatable bonds is 11. The van der Waals surface area contributed by atoms with Crippen LogP contribution in [0, 0.1) is 5.92 Å².